The van der Waals surface area contributed by atoms with Crippen molar-refractivity contribution >= 4 is 0 Å². The van der Waals surface area contributed by atoms with Gasteiger partial charge in [0.1, 0.15) is 5.75 Å². The Labute approximate surface area is 166 Å². The quantitative estimate of drug-likeness (QED) is 0.458. The van der Waals surface area contributed by atoms with Crippen LogP contribution in [0.2, 0.25) is 0 Å². The first-order valence-electron chi connectivity index (χ1n) is 11.4. The second-order valence-electron chi connectivity index (χ2n) is 8.98. The zero-order valence-electron chi connectivity index (χ0n) is 17.2. The van der Waals surface area contributed by atoms with Crippen LogP contribution in [-0.2, 0) is 0 Å². The van der Waals surface area contributed by atoms with Crippen molar-refractivity contribution in [1.29, 1.82) is 5.26 Å². The van der Waals surface area contributed by atoms with Crippen LogP contribution in [0.1, 0.15) is 89.5 Å². The Morgan fingerprint density at radius 1 is 0.852 bits per heavy atom. The molecule has 2 saturated carbocycles. The summed E-state index contributed by atoms with van der Waals surface area (Å²) in [6, 6.07) is 9.60. The molecule has 0 unspecified atom stereocenters. The maximum atomic E-state index is 8.83. The molecule has 2 heteroatoms. The lowest BCUT2D eigenvalue weighted by atomic mass is 9.68. The van der Waals surface area contributed by atoms with E-state index in [2.05, 4.69) is 13.0 Å². The second-order valence-corrected chi connectivity index (χ2v) is 8.98. The fraction of sp³-hybridized carbons (Fsp3) is 0.720. The minimum atomic E-state index is 0.693. The molecule has 0 N–H and O–H groups in total. The van der Waals surface area contributed by atoms with Crippen molar-refractivity contribution in [2.75, 3.05) is 6.61 Å². The van der Waals surface area contributed by atoms with Crippen LogP contribution in [0.3, 0.4) is 0 Å². The molecule has 2 aliphatic carbocycles. The summed E-state index contributed by atoms with van der Waals surface area (Å²) in [6.07, 6.45) is 17.2. The molecule has 0 bridgehead atoms. The molecule has 1 aromatic rings. The highest BCUT2D eigenvalue weighted by Crippen LogP contribution is 2.42. The van der Waals surface area contributed by atoms with E-state index in [0.29, 0.717) is 5.56 Å². The largest absolute Gasteiger partial charge is 0.494 e. The summed E-state index contributed by atoms with van der Waals surface area (Å²) in [4.78, 5) is 0. The maximum Gasteiger partial charge on any atom is 0.119 e. The van der Waals surface area contributed by atoms with Gasteiger partial charge in [-0.05, 0) is 86.5 Å². The van der Waals surface area contributed by atoms with Crippen molar-refractivity contribution in [3.63, 3.8) is 0 Å². The SMILES string of the molecule is CCCC1CCC(C2CCC(CCCOc3ccc(C#N)cc3)CC2)CC1. The number of hydrogen-bond acceptors (Lipinski definition) is 2. The Kier molecular flexibility index (Phi) is 8.06. The van der Waals surface area contributed by atoms with Crippen LogP contribution in [0.25, 0.3) is 0 Å². The molecule has 3 rings (SSSR count). The molecule has 2 aliphatic rings. The third-order valence-electron chi connectivity index (χ3n) is 7.16. The van der Waals surface area contributed by atoms with Gasteiger partial charge in [0.15, 0.2) is 0 Å². The molecule has 0 amide bonds. The summed E-state index contributed by atoms with van der Waals surface area (Å²) >= 11 is 0. The predicted molar refractivity (Wildman–Crippen MR) is 112 cm³/mol. The first kappa shape index (κ1) is 20.2. The van der Waals surface area contributed by atoms with Gasteiger partial charge in [-0.25, -0.2) is 0 Å². The van der Waals surface area contributed by atoms with Crippen molar-refractivity contribution in [2.45, 2.75) is 84.0 Å². The Bertz CT molecular complexity index is 571. The van der Waals surface area contributed by atoms with E-state index in [1.54, 1.807) is 0 Å². The van der Waals surface area contributed by atoms with Crippen LogP contribution in [-0.4, -0.2) is 6.61 Å². The maximum absolute atomic E-state index is 8.83. The Morgan fingerprint density at radius 3 is 1.93 bits per heavy atom. The highest BCUT2D eigenvalue weighted by atomic mass is 16.5. The summed E-state index contributed by atoms with van der Waals surface area (Å²) in [5, 5.41) is 8.83. The third kappa shape index (κ3) is 6.27. The molecule has 0 aliphatic heterocycles. The first-order chi connectivity index (χ1) is 13.3. The molecule has 2 fully saturated rings. The molecule has 0 atom stereocenters. The van der Waals surface area contributed by atoms with Gasteiger partial charge in [0.2, 0.25) is 0 Å². The summed E-state index contributed by atoms with van der Waals surface area (Å²) in [5.41, 5.74) is 0.693. The smallest absolute Gasteiger partial charge is 0.119 e. The monoisotopic (exact) mass is 367 g/mol. The van der Waals surface area contributed by atoms with Gasteiger partial charge in [0.25, 0.3) is 0 Å². The lowest BCUT2D eigenvalue weighted by Gasteiger charge is -2.38. The van der Waals surface area contributed by atoms with Gasteiger partial charge in [0, 0.05) is 0 Å². The topological polar surface area (TPSA) is 33.0 Å². The van der Waals surface area contributed by atoms with E-state index in [9.17, 15) is 0 Å². The molecule has 27 heavy (non-hydrogen) atoms. The second kappa shape index (κ2) is 10.7. The van der Waals surface area contributed by atoms with E-state index in [1.807, 2.05) is 24.3 Å². The number of rotatable bonds is 8. The Hall–Kier alpha value is -1.49. The average molecular weight is 368 g/mol. The number of ether oxygens (including phenoxy) is 1. The van der Waals surface area contributed by atoms with E-state index < -0.39 is 0 Å². The molecule has 148 valence electrons. The van der Waals surface area contributed by atoms with E-state index in [0.717, 1.165) is 42.4 Å². The fourth-order valence-electron chi connectivity index (χ4n) is 5.49. The third-order valence-corrected chi connectivity index (χ3v) is 7.16. The van der Waals surface area contributed by atoms with Crippen molar-refractivity contribution in [3.8, 4) is 11.8 Å². The standard InChI is InChI=1S/C25H37NO/c1-2-4-20-6-12-23(13-7-20)24-14-8-21(9-15-24)5-3-18-27-25-16-10-22(19-26)11-17-25/h10-11,16-17,20-21,23-24H,2-9,12-15,18H2,1H3. The first-order valence-corrected chi connectivity index (χ1v) is 11.4. The molecular weight excluding hydrogens is 330 g/mol. The lowest BCUT2D eigenvalue weighted by molar-refractivity contribution is 0.138. The van der Waals surface area contributed by atoms with Gasteiger partial charge in [0.05, 0.1) is 18.2 Å². The summed E-state index contributed by atoms with van der Waals surface area (Å²) < 4.78 is 5.83. The van der Waals surface area contributed by atoms with Gasteiger partial charge in [-0.1, -0.05) is 45.4 Å². The molecule has 0 aromatic heterocycles. The normalized spacial score (nSPS) is 28.4. The molecule has 1 aromatic carbocycles. The molecule has 0 spiro atoms. The zero-order valence-corrected chi connectivity index (χ0v) is 17.2. The summed E-state index contributed by atoms with van der Waals surface area (Å²) in [7, 11) is 0. The number of nitrogens with zero attached hydrogens (tertiary/aromatic N) is 1. The molecule has 0 heterocycles. The van der Waals surface area contributed by atoms with Gasteiger partial charge in [-0.2, -0.15) is 5.26 Å². The molecule has 0 saturated heterocycles. The molecular formula is C25H37NO. The highest BCUT2D eigenvalue weighted by molar-refractivity contribution is 5.34. The fourth-order valence-corrected chi connectivity index (χ4v) is 5.49. The number of nitriles is 1. The van der Waals surface area contributed by atoms with Crippen molar-refractivity contribution in [3.05, 3.63) is 29.8 Å². The number of hydrogen-bond donors (Lipinski definition) is 0. The van der Waals surface area contributed by atoms with Gasteiger partial charge in [-0.3, -0.25) is 0 Å². The average Bonchev–Trinajstić information content (AvgIpc) is 2.73. The Morgan fingerprint density at radius 2 is 1.41 bits per heavy atom. The van der Waals surface area contributed by atoms with E-state index in [-0.39, 0.29) is 0 Å². The van der Waals surface area contributed by atoms with Crippen LogP contribution < -0.4 is 4.74 Å². The zero-order chi connectivity index (χ0) is 18.9. The van der Waals surface area contributed by atoms with E-state index in [1.165, 1.54) is 70.6 Å². The molecule has 2 nitrogen and oxygen atoms in total. The van der Waals surface area contributed by atoms with E-state index in [4.69, 9.17) is 10.00 Å². The van der Waals surface area contributed by atoms with Gasteiger partial charge < -0.3 is 4.74 Å². The van der Waals surface area contributed by atoms with Crippen LogP contribution in [0, 0.1) is 35.0 Å². The van der Waals surface area contributed by atoms with Crippen molar-refractivity contribution in [1.82, 2.24) is 0 Å². The Balaban J connectivity index is 1.28. The van der Waals surface area contributed by atoms with Gasteiger partial charge in [-0.15, -0.1) is 0 Å². The van der Waals surface area contributed by atoms with Crippen molar-refractivity contribution < 1.29 is 4.74 Å². The van der Waals surface area contributed by atoms with Crippen LogP contribution >= 0.6 is 0 Å². The number of benzene rings is 1. The minimum Gasteiger partial charge on any atom is -0.494 e. The predicted octanol–water partition coefficient (Wildman–Crippen LogP) is 7.13. The minimum absolute atomic E-state index is 0.693. The molecule has 0 radical (unpaired) electrons. The van der Waals surface area contributed by atoms with Crippen molar-refractivity contribution in [2.24, 2.45) is 23.7 Å². The van der Waals surface area contributed by atoms with E-state index >= 15 is 0 Å². The van der Waals surface area contributed by atoms with Crippen LogP contribution in [0.15, 0.2) is 24.3 Å². The summed E-state index contributed by atoms with van der Waals surface area (Å²) in [6.45, 7) is 3.13. The highest BCUT2D eigenvalue weighted by Gasteiger charge is 2.30. The van der Waals surface area contributed by atoms with Crippen LogP contribution in [0.5, 0.6) is 5.75 Å². The van der Waals surface area contributed by atoms with Crippen LogP contribution in [0.4, 0.5) is 0 Å². The lowest BCUT2D eigenvalue weighted by Crippen LogP contribution is -2.26. The van der Waals surface area contributed by atoms with Gasteiger partial charge >= 0.3 is 0 Å². The summed E-state index contributed by atoms with van der Waals surface area (Å²) in [5.74, 6) is 4.91.